The number of nitrogens with one attached hydrogen (secondary N) is 1. The van der Waals surface area contributed by atoms with Crippen LogP contribution in [0, 0.1) is 20.8 Å². The molecule has 1 aliphatic heterocycles. The Balaban J connectivity index is 1.49. The van der Waals surface area contributed by atoms with E-state index in [4.69, 9.17) is 0 Å². The first-order chi connectivity index (χ1) is 14.9. The highest BCUT2D eigenvalue weighted by molar-refractivity contribution is 6.40. The van der Waals surface area contributed by atoms with Crippen LogP contribution in [-0.2, 0) is 16.1 Å². The molecule has 0 bridgehead atoms. The molecular weight excluding hydrogens is 392 g/mol. The fraction of sp³-hybridized carbons (Fsp3) is 0.261. The summed E-state index contributed by atoms with van der Waals surface area (Å²) in [6.07, 6.45) is 5.83. The van der Waals surface area contributed by atoms with Gasteiger partial charge in [-0.2, -0.15) is 5.10 Å². The number of aromatic nitrogens is 3. The van der Waals surface area contributed by atoms with E-state index in [0.29, 0.717) is 24.4 Å². The summed E-state index contributed by atoms with van der Waals surface area (Å²) in [5.41, 5.74) is 3.93. The summed E-state index contributed by atoms with van der Waals surface area (Å²) in [5.74, 6) is 1.18. The lowest BCUT2D eigenvalue weighted by Crippen LogP contribution is -2.39. The van der Waals surface area contributed by atoms with Crippen LogP contribution in [0.4, 0.5) is 5.69 Å². The summed E-state index contributed by atoms with van der Waals surface area (Å²) < 4.78 is 1.88. The SMILES string of the molecule is Cc1ccc(C)c(N2N=C(C(=O)NCc3ccnc(-n4ccnc4C)c3)CCC2=O)c1. The number of rotatable bonds is 5. The fourth-order valence-electron chi connectivity index (χ4n) is 3.46. The van der Waals surface area contributed by atoms with Gasteiger partial charge in [0.1, 0.15) is 17.4 Å². The van der Waals surface area contributed by atoms with Gasteiger partial charge in [0.15, 0.2) is 0 Å². The van der Waals surface area contributed by atoms with Crippen LogP contribution in [0.2, 0.25) is 0 Å². The van der Waals surface area contributed by atoms with Crippen molar-refractivity contribution in [3.8, 4) is 5.82 Å². The zero-order valence-electron chi connectivity index (χ0n) is 17.8. The molecule has 0 aliphatic carbocycles. The monoisotopic (exact) mass is 416 g/mol. The van der Waals surface area contributed by atoms with Crippen molar-refractivity contribution >= 4 is 23.2 Å². The summed E-state index contributed by atoms with van der Waals surface area (Å²) in [7, 11) is 0. The third kappa shape index (κ3) is 4.37. The summed E-state index contributed by atoms with van der Waals surface area (Å²) in [4.78, 5) is 33.8. The van der Waals surface area contributed by atoms with Gasteiger partial charge in [-0.3, -0.25) is 14.2 Å². The van der Waals surface area contributed by atoms with E-state index >= 15 is 0 Å². The van der Waals surface area contributed by atoms with Crippen LogP contribution in [0.1, 0.15) is 35.4 Å². The van der Waals surface area contributed by atoms with Crippen molar-refractivity contribution in [1.29, 1.82) is 0 Å². The molecule has 0 radical (unpaired) electrons. The Labute approximate surface area is 180 Å². The van der Waals surface area contributed by atoms with E-state index in [-0.39, 0.29) is 18.2 Å². The fourth-order valence-corrected chi connectivity index (χ4v) is 3.46. The van der Waals surface area contributed by atoms with Crippen molar-refractivity contribution in [1.82, 2.24) is 19.9 Å². The molecule has 8 nitrogen and oxygen atoms in total. The second kappa shape index (κ2) is 8.51. The first-order valence-corrected chi connectivity index (χ1v) is 10.1. The van der Waals surface area contributed by atoms with Crippen molar-refractivity contribution < 1.29 is 9.59 Å². The van der Waals surface area contributed by atoms with Crippen LogP contribution in [0.5, 0.6) is 0 Å². The molecule has 3 heterocycles. The van der Waals surface area contributed by atoms with E-state index in [1.54, 1.807) is 12.4 Å². The van der Waals surface area contributed by atoms with Crippen LogP contribution in [0.15, 0.2) is 54.0 Å². The minimum absolute atomic E-state index is 0.111. The van der Waals surface area contributed by atoms with Crippen molar-refractivity contribution in [3.63, 3.8) is 0 Å². The Morgan fingerprint density at radius 2 is 1.90 bits per heavy atom. The topological polar surface area (TPSA) is 92.5 Å². The van der Waals surface area contributed by atoms with Crippen molar-refractivity contribution in [2.45, 2.75) is 40.2 Å². The van der Waals surface area contributed by atoms with Crippen LogP contribution in [-0.4, -0.2) is 32.1 Å². The summed E-state index contributed by atoms with van der Waals surface area (Å²) in [5, 5.41) is 8.64. The van der Waals surface area contributed by atoms with Gasteiger partial charge >= 0.3 is 0 Å². The normalized spacial score (nSPS) is 13.8. The Morgan fingerprint density at radius 1 is 1.06 bits per heavy atom. The molecule has 2 amide bonds. The van der Waals surface area contributed by atoms with E-state index in [9.17, 15) is 9.59 Å². The van der Waals surface area contributed by atoms with Gasteiger partial charge in [0.2, 0.25) is 5.91 Å². The van der Waals surface area contributed by atoms with Gasteiger partial charge in [0.25, 0.3) is 5.91 Å². The van der Waals surface area contributed by atoms with Crippen LogP contribution in [0.3, 0.4) is 0 Å². The summed E-state index contributed by atoms with van der Waals surface area (Å²) in [6.45, 7) is 6.12. The lowest BCUT2D eigenvalue weighted by Gasteiger charge is -2.24. The number of amides is 2. The maximum atomic E-state index is 12.8. The first-order valence-electron chi connectivity index (χ1n) is 10.1. The summed E-state index contributed by atoms with van der Waals surface area (Å²) in [6, 6.07) is 9.60. The zero-order chi connectivity index (χ0) is 22.0. The molecule has 4 rings (SSSR count). The average Bonchev–Trinajstić information content (AvgIpc) is 3.20. The number of aryl methyl sites for hydroxylation is 3. The molecule has 1 aliphatic rings. The standard InChI is InChI=1S/C23H24N6O2/c1-15-4-5-16(2)20(12-15)29-22(30)7-6-19(27-29)23(31)26-14-18-8-9-25-21(13-18)28-11-10-24-17(28)3/h4-5,8-13H,6-7,14H2,1-3H3,(H,26,31). The lowest BCUT2D eigenvalue weighted by atomic mass is 10.1. The van der Waals surface area contributed by atoms with E-state index < -0.39 is 0 Å². The molecule has 0 spiro atoms. The van der Waals surface area contributed by atoms with Crippen molar-refractivity contribution in [2.75, 3.05) is 5.01 Å². The molecule has 1 aromatic carbocycles. The maximum absolute atomic E-state index is 12.8. The van der Waals surface area contributed by atoms with Crippen molar-refractivity contribution in [2.24, 2.45) is 5.10 Å². The highest BCUT2D eigenvalue weighted by atomic mass is 16.2. The van der Waals surface area contributed by atoms with Gasteiger partial charge in [-0.1, -0.05) is 12.1 Å². The predicted octanol–water partition coefficient (Wildman–Crippen LogP) is 2.99. The number of hydrazone groups is 1. The van der Waals surface area contributed by atoms with Gasteiger partial charge in [0.05, 0.1) is 5.69 Å². The molecule has 158 valence electrons. The first kappa shape index (κ1) is 20.5. The highest BCUT2D eigenvalue weighted by Gasteiger charge is 2.26. The Kier molecular flexibility index (Phi) is 5.62. The molecule has 2 aromatic heterocycles. The van der Waals surface area contributed by atoms with Crippen LogP contribution in [0.25, 0.3) is 5.82 Å². The third-order valence-corrected chi connectivity index (χ3v) is 5.22. The molecule has 31 heavy (non-hydrogen) atoms. The van der Waals surface area contributed by atoms with Gasteiger partial charge in [0, 0.05) is 38.0 Å². The number of hydrogen-bond donors (Lipinski definition) is 1. The van der Waals surface area contributed by atoms with Gasteiger partial charge in [-0.25, -0.2) is 15.0 Å². The molecule has 0 saturated heterocycles. The number of carbonyl (C=O) groups excluding carboxylic acids is 2. The second-order valence-electron chi connectivity index (χ2n) is 7.59. The molecule has 0 atom stereocenters. The Hall–Kier alpha value is -3.81. The second-order valence-corrected chi connectivity index (χ2v) is 7.59. The number of anilines is 1. The average molecular weight is 416 g/mol. The minimum Gasteiger partial charge on any atom is -0.347 e. The molecule has 0 unspecified atom stereocenters. The van der Waals surface area contributed by atoms with E-state index in [1.165, 1.54) is 5.01 Å². The quantitative estimate of drug-likeness (QED) is 0.692. The number of imidazole rings is 1. The number of carbonyl (C=O) groups is 2. The summed E-state index contributed by atoms with van der Waals surface area (Å²) >= 11 is 0. The smallest absolute Gasteiger partial charge is 0.267 e. The molecule has 3 aromatic rings. The van der Waals surface area contributed by atoms with Gasteiger partial charge < -0.3 is 5.32 Å². The number of pyridine rings is 1. The van der Waals surface area contributed by atoms with Crippen LogP contribution >= 0.6 is 0 Å². The Morgan fingerprint density at radius 3 is 2.68 bits per heavy atom. The molecule has 0 saturated carbocycles. The Bertz CT molecular complexity index is 1180. The van der Waals surface area contributed by atoms with Gasteiger partial charge in [-0.15, -0.1) is 0 Å². The van der Waals surface area contributed by atoms with E-state index in [0.717, 1.165) is 28.3 Å². The van der Waals surface area contributed by atoms with E-state index in [2.05, 4.69) is 20.4 Å². The van der Waals surface area contributed by atoms with Crippen molar-refractivity contribution in [3.05, 3.63) is 71.4 Å². The number of hydrogen-bond acceptors (Lipinski definition) is 5. The molecule has 0 fully saturated rings. The van der Waals surface area contributed by atoms with Crippen LogP contribution < -0.4 is 10.3 Å². The number of benzene rings is 1. The third-order valence-electron chi connectivity index (χ3n) is 5.22. The zero-order valence-corrected chi connectivity index (χ0v) is 17.8. The largest absolute Gasteiger partial charge is 0.347 e. The minimum atomic E-state index is -0.278. The molecular formula is C23H24N6O2. The lowest BCUT2D eigenvalue weighted by molar-refractivity contribution is -0.119. The molecule has 8 heteroatoms. The van der Waals surface area contributed by atoms with Gasteiger partial charge in [-0.05, 0) is 55.7 Å². The van der Waals surface area contributed by atoms with E-state index in [1.807, 2.05) is 61.9 Å². The number of nitrogens with zero attached hydrogens (tertiary/aromatic N) is 5. The predicted molar refractivity (Wildman–Crippen MR) is 118 cm³/mol. The molecule has 1 N–H and O–H groups in total. The maximum Gasteiger partial charge on any atom is 0.267 e. The highest BCUT2D eigenvalue weighted by Crippen LogP contribution is 2.25.